The highest BCUT2D eigenvalue weighted by Gasteiger charge is 2.16. The second-order valence-electron chi connectivity index (χ2n) is 5.82. The molecule has 0 unspecified atom stereocenters. The lowest BCUT2D eigenvalue weighted by molar-refractivity contribution is 0.0523. The van der Waals surface area contributed by atoms with E-state index in [1.807, 2.05) is 13.1 Å². The fourth-order valence-electron chi connectivity index (χ4n) is 1.94. The SMILES string of the molecule is Cc1c[nH]c2cc(F)c(CNC(=O)OC(C)(C)C)cc12. The molecule has 1 heterocycles. The molecule has 0 bridgehead atoms. The molecule has 0 fully saturated rings. The van der Waals surface area contributed by atoms with Gasteiger partial charge in [-0.1, -0.05) is 0 Å². The van der Waals surface area contributed by atoms with Crippen molar-refractivity contribution in [1.29, 1.82) is 0 Å². The van der Waals surface area contributed by atoms with Gasteiger partial charge in [0.1, 0.15) is 11.4 Å². The molecule has 1 aromatic heterocycles. The van der Waals surface area contributed by atoms with Gasteiger partial charge in [0.15, 0.2) is 0 Å². The number of hydrogen-bond donors (Lipinski definition) is 2. The molecule has 1 amide bonds. The summed E-state index contributed by atoms with van der Waals surface area (Å²) in [6, 6.07) is 3.18. The molecule has 0 aliphatic rings. The van der Waals surface area contributed by atoms with E-state index in [0.29, 0.717) is 5.56 Å². The molecule has 108 valence electrons. The number of carbonyl (C=O) groups excluding carboxylic acids is 1. The second kappa shape index (κ2) is 5.15. The van der Waals surface area contributed by atoms with Crippen LogP contribution in [0.15, 0.2) is 18.3 Å². The minimum Gasteiger partial charge on any atom is -0.444 e. The maximum Gasteiger partial charge on any atom is 0.407 e. The third-order valence-electron chi connectivity index (χ3n) is 2.88. The number of amides is 1. The molecule has 2 rings (SSSR count). The van der Waals surface area contributed by atoms with Crippen LogP contribution in [0.3, 0.4) is 0 Å². The zero-order valence-electron chi connectivity index (χ0n) is 12.1. The van der Waals surface area contributed by atoms with E-state index in [1.54, 1.807) is 26.8 Å². The quantitative estimate of drug-likeness (QED) is 0.881. The van der Waals surface area contributed by atoms with Crippen molar-refractivity contribution in [3.63, 3.8) is 0 Å². The Hall–Kier alpha value is -2.04. The lowest BCUT2D eigenvalue weighted by Crippen LogP contribution is -2.32. The van der Waals surface area contributed by atoms with Gasteiger partial charge in [-0.2, -0.15) is 0 Å². The molecule has 0 saturated heterocycles. The Labute approximate surface area is 117 Å². The van der Waals surface area contributed by atoms with Gasteiger partial charge in [0.05, 0.1) is 0 Å². The first kappa shape index (κ1) is 14.4. The lowest BCUT2D eigenvalue weighted by Gasteiger charge is -2.19. The second-order valence-corrected chi connectivity index (χ2v) is 5.82. The van der Waals surface area contributed by atoms with Crippen molar-refractivity contribution in [2.24, 2.45) is 0 Å². The molecule has 2 aromatic rings. The Morgan fingerprint density at radius 3 is 2.75 bits per heavy atom. The van der Waals surface area contributed by atoms with Gasteiger partial charge in [-0.3, -0.25) is 0 Å². The Balaban J connectivity index is 2.11. The third kappa shape index (κ3) is 3.29. The maximum absolute atomic E-state index is 13.9. The molecule has 5 heteroatoms. The smallest absolute Gasteiger partial charge is 0.407 e. The van der Waals surface area contributed by atoms with Crippen LogP contribution in [0.4, 0.5) is 9.18 Å². The van der Waals surface area contributed by atoms with Crippen LogP contribution in [0.25, 0.3) is 10.9 Å². The van der Waals surface area contributed by atoms with Gasteiger partial charge in [0.2, 0.25) is 0 Å². The molecule has 2 N–H and O–H groups in total. The largest absolute Gasteiger partial charge is 0.444 e. The third-order valence-corrected chi connectivity index (χ3v) is 2.88. The van der Waals surface area contributed by atoms with Crippen LogP contribution < -0.4 is 5.32 Å². The Kier molecular flexibility index (Phi) is 3.70. The van der Waals surface area contributed by atoms with E-state index in [1.165, 1.54) is 6.07 Å². The van der Waals surface area contributed by atoms with Crippen molar-refractivity contribution < 1.29 is 13.9 Å². The van der Waals surface area contributed by atoms with Crippen LogP contribution in [0.5, 0.6) is 0 Å². The number of hydrogen-bond acceptors (Lipinski definition) is 2. The number of benzene rings is 1. The first-order valence-corrected chi connectivity index (χ1v) is 6.49. The lowest BCUT2D eigenvalue weighted by atomic mass is 10.1. The van der Waals surface area contributed by atoms with Gasteiger partial charge >= 0.3 is 6.09 Å². The molecule has 0 aliphatic carbocycles. The number of H-pyrrole nitrogens is 1. The summed E-state index contributed by atoms with van der Waals surface area (Å²) >= 11 is 0. The average molecular weight is 278 g/mol. The van der Waals surface area contributed by atoms with Crippen LogP contribution in [0.1, 0.15) is 31.9 Å². The van der Waals surface area contributed by atoms with Crippen molar-refractivity contribution in [2.45, 2.75) is 39.8 Å². The summed E-state index contributed by atoms with van der Waals surface area (Å²) in [5, 5.41) is 3.51. The highest BCUT2D eigenvalue weighted by molar-refractivity contribution is 5.83. The number of carbonyl (C=O) groups is 1. The molecule has 0 atom stereocenters. The number of halogens is 1. The molecular weight excluding hydrogens is 259 g/mol. The summed E-state index contributed by atoms with van der Waals surface area (Å²) in [4.78, 5) is 14.6. The van der Waals surface area contributed by atoms with Crippen molar-refractivity contribution in [1.82, 2.24) is 10.3 Å². The first-order valence-electron chi connectivity index (χ1n) is 6.49. The summed E-state index contributed by atoms with van der Waals surface area (Å²) in [6.07, 6.45) is 1.28. The zero-order valence-corrected chi connectivity index (χ0v) is 12.1. The monoisotopic (exact) mass is 278 g/mol. The standard InChI is InChI=1S/C15H19FN2O2/c1-9-7-17-13-6-12(16)10(5-11(9)13)8-18-14(19)20-15(2,3)4/h5-7,17H,8H2,1-4H3,(H,18,19). The fraction of sp³-hybridized carbons (Fsp3) is 0.400. The molecule has 0 saturated carbocycles. The number of fused-ring (bicyclic) bond motifs is 1. The van der Waals surface area contributed by atoms with E-state index in [9.17, 15) is 9.18 Å². The number of nitrogens with one attached hydrogen (secondary N) is 2. The van der Waals surface area contributed by atoms with Crippen molar-refractivity contribution in [3.05, 3.63) is 35.3 Å². The van der Waals surface area contributed by atoms with Crippen LogP contribution in [0.2, 0.25) is 0 Å². The Morgan fingerprint density at radius 2 is 2.10 bits per heavy atom. The molecule has 4 nitrogen and oxygen atoms in total. The van der Waals surface area contributed by atoms with Gasteiger partial charge in [-0.05, 0) is 45.4 Å². The molecule has 0 spiro atoms. The van der Waals surface area contributed by atoms with E-state index >= 15 is 0 Å². The first-order chi connectivity index (χ1) is 9.26. The van der Waals surface area contributed by atoms with Crippen LogP contribution in [-0.2, 0) is 11.3 Å². The predicted octanol–water partition coefficient (Wildman–Crippen LogP) is 3.64. The van der Waals surface area contributed by atoms with Crippen LogP contribution in [-0.4, -0.2) is 16.7 Å². The van der Waals surface area contributed by atoms with E-state index in [0.717, 1.165) is 16.5 Å². The average Bonchev–Trinajstić information content (AvgIpc) is 2.65. The van der Waals surface area contributed by atoms with Gasteiger partial charge in [-0.25, -0.2) is 9.18 Å². The minimum atomic E-state index is -0.566. The van der Waals surface area contributed by atoms with E-state index in [2.05, 4.69) is 10.3 Å². The molecule has 0 radical (unpaired) electrons. The number of rotatable bonds is 2. The van der Waals surface area contributed by atoms with Gasteiger partial charge in [0, 0.05) is 29.2 Å². The van der Waals surface area contributed by atoms with Crippen LogP contribution in [0, 0.1) is 12.7 Å². The summed E-state index contributed by atoms with van der Waals surface area (Å²) in [7, 11) is 0. The van der Waals surface area contributed by atoms with Crippen molar-refractivity contribution in [2.75, 3.05) is 0 Å². The zero-order chi connectivity index (χ0) is 14.9. The summed E-state index contributed by atoms with van der Waals surface area (Å²) in [6.45, 7) is 7.39. The molecule has 20 heavy (non-hydrogen) atoms. The molecular formula is C15H19FN2O2. The summed E-state index contributed by atoms with van der Waals surface area (Å²) in [5.74, 6) is -0.351. The van der Waals surface area contributed by atoms with Gasteiger partial charge < -0.3 is 15.0 Å². The molecule has 1 aromatic carbocycles. The highest BCUT2D eigenvalue weighted by Crippen LogP contribution is 2.21. The normalized spacial score (nSPS) is 11.7. The summed E-state index contributed by atoms with van der Waals surface area (Å²) < 4.78 is 19.0. The van der Waals surface area contributed by atoms with Crippen LogP contribution >= 0.6 is 0 Å². The van der Waals surface area contributed by atoms with E-state index < -0.39 is 11.7 Å². The maximum atomic E-state index is 13.9. The Morgan fingerprint density at radius 1 is 1.40 bits per heavy atom. The van der Waals surface area contributed by atoms with Gasteiger partial charge in [-0.15, -0.1) is 0 Å². The minimum absolute atomic E-state index is 0.0985. The predicted molar refractivity (Wildman–Crippen MR) is 76.1 cm³/mol. The number of aryl methyl sites for hydroxylation is 1. The Bertz CT molecular complexity index is 641. The van der Waals surface area contributed by atoms with Crippen molar-refractivity contribution >= 4 is 17.0 Å². The topological polar surface area (TPSA) is 54.1 Å². The van der Waals surface area contributed by atoms with Crippen molar-refractivity contribution in [3.8, 4) is 0 Å². The van der Waals surface area contributed by atoms with Gasteiger partial charge in [0.25, 0.3) is 0 Å². The van der Waals surface area contributed by atoms with E-state index in [-0.39, 0.29) is 12.4 Å². The number of aromatic amines is 1. The number of aromatic nitrogens is 1. The molecule has 0 aliphatic heterocycles. The summed E-state index contributed by atoms with van der Waals surface area (Å²) in [5.41, 5.74) is 1.66. The highest BCUT2D eigenvalue weighted by atomic mass is 19.1. The van der Waals surface area contributed by atoms with E-state index in [4.69, 9.17) is 4.74 Å². The fourth-order valence-corrected chi connectivity index (χ4v) is 1.94. The number of ether oxygens (including phenoxy) is 1. The number of alkyl carbamates (subject to hydrolysis) is 1.